The molecule has 1 saturated heterocycles. The second kappa shape index (κ2) is 9.94. The Bertz CT molecular complexity index is 1030. The molecule has 1 amide bonds. The van der Waals surface area contributed by atoms with E-state index in [2.05, 4.69) is 21.5 Å². The molecule has 3 rings (SSSR count). The van der Waals surface area contributed by atoms with Crippen molar-refractivity contribution in [1.82, 2.24) is 19.9 Å². The molecule has 0 aliphatic carbocycles. The number of rotatable bonds is 5. The zero-order valence-corrected chi connectivity index (χ0v) is 20.6. The number of carbonyl (C=O) groups excluding carboxylic acids is 1. The molecule has 2 aromatic rings. The molecule has 180 valence electrons. The second-order valence-corrected chi connectivity index (χ2v) is 9.83. The minimum Gasteiger partial charge on any atom is -0.472 e. The molecule has 0 bridgehead atoms. The van der Waals surface area contributed by atoms with Crippen LogP contribution in [-0.4, -0.2) is 70.3 Å². The first-order chi connectivity index (χ1) is 15.4. The highest BCUT2D eigenvalue weighted by Crippen LogP contribution is 2.38. The van der Waals surface area contributed by atoms with Gasteiger partial charge in [0.25, 0.3) is 5.92 Å². The Morgan fingerprint density at radius 2 is 2.03 bits per heavy atom. The largest absolute Gasteiger partial charge is 0.472 e. The summed E-state index contributed by atoms with van der Waals surface area (Å²) in [5.41, 5.74) is 0.701. The number of amides is 1. The summed E-state index contributed by atoms with van der Waals surface area (Å²) in [6.07, 6.45) is 0.681. The smallest absolute Gasteiger partial charge is 0.410 e. The Morgan fingerprint density at radius 1 is 1.30 bits per heavy atom. The number of aromatic nitrogens is 3. The summed E-state index contributed by atoms with van der Waals surface area (Å²) in [7, 11) is 0. The van der Waals surface area contributed by atoms with E-state index in [1.54, 1.807) is 20.8 Å². The topological polar surface area (TPSA) is 80.7 Å². The Morgan fingerprint density at radius 3 is 2.64 bits per heavy atom. The van der Waals surface area contributed by atoms with Crippen molar-refractivity contribution >= 4 is 46.4 Å². The van der Waals surface area contributed by atoms with Crippen molar-refractivity contribution in [3.05, 3.63) is 28.3 Å². The summed E-state index contributed by atoms with van der Waals surface area (Å²) in [5.74, 6) is -3.09. The molecule has 0 aromatic carbocycles. The number of halogens is 4. The van der Waals surface area contributed by atoms with Crippen molar-refractivity contribution in [3.63, 3.8) is 0 Å². The molecular formula is C20H23Cl2F2N5O3S. The lowest BCUT2D eigenvalue weighted by Gasteiger charge is -2.27. The summed E-state index contributed by atoms with van der Waals surface area (Å²) in [6, 6.07) is 0. The first kappa shape index (κ1) is 25.4. The van der Waals surface area contributed by atoms with Gasteiger partial charge in [-0.15, -0.1) is 11.3 Å². The molecule has 2 aromatic heterocycles. The van der Waals surface area contributed by atoms with Crippen molar-refractivity contribution in [2.75, 3.05) is 37.7 Å². The highest BCUT2D eigenvalue weighted by Gasteiger charge is 2.41. The third-order valence-electron chi connectivity index (χ3n) is 4.30. The lowest BCUT2D eigenvalue weighted by molar-refractivity contribution is -0.0285. The first-order valence-corrected chi connectivity index (χ1v) is 11.5. The van der Waals surface area contributed by atoms with Gasteiger partial charge in [0.1, 0.15) is 22.1 Å². The van der Waals surface area contributed by atoms with Crippen LogP contribution in [0.5, 0.6) is 5.88 Å². The number of hydrogen-bond acceptors (Lipinski definition) is 8. The molecule has 13 heteroatoms. The first-order valence-electron chi connectivity index (χ1n) is 9.91. The van der Waals surface area contributed by atoms with Crippen LogP contribution in [0.2, 0.25) is 10.2 Å². The standard InChI is InChI=1S/C20H23Cl2F2N5O3S/c1-5-8-31-17-12(21)16(26-15(27-17)13-14(22)25-11-33-13)28-6-7-29(10-20(23,24)9-28)18(30)32-19(2,3)4/h5,11H,1,6-10H2,2-4H3. The Labute approximate surface area is 204 Å². The van der Waals surface area contributed by atoms with Gasteiger partial charge in [-0.3, -0.25) is 0 Å². The maximum Gasteiger partial charge on any atom is 0.410 e. The SMILES string of the molecule is C=CCOc1nc(-c2scnc2Cl)nc(N2CCN(C(=O)OC(C)(C)C)CC(F)(F)C2)c1Cl. The molecule has 33 heavy (non-hydrogen) atoms. The number of hydrogen-bond donors (Lipinski definition) is 0. The number of ether oxygens (including phenoxy) is 2. The van der Waals surface area contributed by atoms with Crippen molar-refractivity contribution in [3.8, 4) is 16.6 Å². The quantitative estimate of drug-likeness (QED) is 0.502. The highest BCUT2D eigenvalue weighted by molar-refractivity contribution is 7.13. The van der Waals surface area contributed by atoms with Gasteiger partial charge < -0.3 is 19.3 Å². The van der Waals surface area contributed by atoms with Gasteiger partial charge in [0.15, 0.2) is 16.8 Å². The van der Waals surface area contributed by atoms with Gasteiger partial charge in [0.2, 0.25) is 5.88 Å². The third-order valence-corrected chi connectivity index (χ3v) is 5.86. The predicted octanol–water partition coefficient (Wildman–Crippen LogP) is 5.16. The Balaban J connectivity index is 1.97. The molecule has 3 heterocycles. The lowest BCUT2D eigenvalue weighted by Crippen LogP contribution is -2.44. The van der Waals surface area contributed by atoms with Crippen LogP contribution in [0.3, 0.4) is 0 Å². The van der Waals surface area contributed by atoms with Gasteiger partial charge in [-0.25, -0.2) is 23.5 Å². The zero-order valence-electron chi connectivity index (χ0n) is 18.3. The van der Waals surface area contributed by atoms with Crippen LogP contribution in [0.15, 0.2) is 18.2 Å². The third kappa shape index (κ3) is 6.42. The maximum atomic E-state index is 14.9. The molecule has 0 spiro atoms. The fourth-order valence-corrected chi connectivity index (χ4v) is 4.20. The number of nitrogens with zero attached hydrogens (tertiary/aromatic N) is 5. The van der Waals surface area contributed by atoms with Crippen LogP contribution in [0.25, 0.3) is 10.7 Å². The Kier molecular flexibility index (Phi) is 7.65. The summed E-state index contributed by atoms with van der Waals surface area (Å²) in [4.78, 5) is 27.8. The van der Waals surface area contributed by atoms with Crippen LogP contribution in [-0.2, 0) is 4.74 Å². The van der Waals surface area contributed by atoms with Crippen LogP contribution >= 0.6 is 34.5 Å². The average molecular weight is 522 g/mol. The van der Waals surface area contributed by atoms with Crippen LogP contribution in [0, 0.1) is 0 Å². The van der Waals surface area contributed by atoms with Crippen molar-refractivity contribution in [1.29, 1.82) is 0 Å². The minimum absolute atomic E-state index is 0.00223. The molecular weight excluding hydrogens is 499 g/mol. The molecule has 1 aliphatic rings. The van der Waals surface area contributed by atoms with Crippen LogP contribution < -0.4 is 9.64 Å². The van der Waals surface area contributed by atoms with Gasteiger partial charge in [0, 0.05) is 13.1 Å². The highest BCUT2D eigenvalue weighted by atomic mass is 35.5. The molecule has 1 aliphatic heterocycles. The Hall–Kier alpha value is -2.24. The number of alkyl halides is 2. The van der Waals surface area contributed by atoms with E-state index in [1.807, 2.05) is 0 Å². The normalized spacial score (nSPS) is 16.3. The molecule has 1 fully saturated rings. The van der Waals surface area contributed by atoms with E-state index in [0.29, 0.717) is 4.88 Å². The molecule has 0 unspecified atom stereocenters. The van der Waals surface area contributed by atoms with Crippen molar-refractivity contribution < 1.29 is 23.0 Å². The fourth-order valence-electron chi connectivity index (χ4n) is 3.01. The molecule has 0 radical (unpaired) electrons. The van der Waals surface area contributed by atoms with Crippen molar-refractivity contribution in [2.24, 2.45) is 0 Å². The van der Waals surface area contributed by atoms with E-state index >= 15 is 0 Å². The fraction of sp³-hybridized carbons (Fsp3) is 0.500. The lowest BCUT2D eigenvalue weighted by atomic mass is 10.2. The van der Waals surface area contributed by atoms with E-state index in [4.69, 9.17) is 32.7 Å². The van der Waals surface area contributed by atoms with Gasteiger partial charge in [-0.2, -0.15) is 4.98 Å². The van der Waals surface area contributed by atoms with Gasteiger partial charge in [-0.1, -0.05) is 35.9 Å². The second-order valence-electron chi connectivity index (χ2n) is 8.24. The molecule has 8 nitrogen and oxygen atoms in total. The predicted molar refractivity (Wildman–Crippen MR) is 124 cm³/mol. The maximum absolute atomic E-state index is 14.9. The number of anilines is 1. The summed E-state index contributed by atoms with van der Waals surface area (Å²) in [6.45, 7) is 7.18. The summed E-state index contributed by atoms with van der Waals surface area (Å²) >= 11 is 13.8. The van der Waals surface area contributed by atoms with Crippen LogP contribution in [0.1, 0.15) is 20.8 Å². The molecule has 0 saturated carbocycles. The van der Waals surface area contributed by atoms with E-state index in [9.17, 15) is 13.6 Å². The number of thiazole rings is 1. The molecule has 0 N–H and O–H groups in total. The average Bonchev–Trinajstić information content (AvgIpc) is 3.06. The van der Waals surface area contributed by atoms with E-state index in [-0.39, 0.29) is 47.4 Å². The van der Waals surface area contributed by atoms with Crippen LogP contribution in [0.4, 0.5) is 19.4 Å². The van der Waals surface area contributed by atoms with Gasteiger partial charge >= 0.3 is 6.09 Å². The van der Waals surface area contributed by atoms with E-state index in [1.165, 1.54) is 27.8 Å². The monoisotopic (exact) mass is 521 g/mol. The minimum atomic E-state index is -3.26. The number of carbonyl (C=O) groups is 1. The van der Waals surface area contributed by atoms with Gasteiger partial charge in [0.05, 0.1) is 18.6 Å². The molecule has 0 atom stereocenters. The summed E-state index contributed by atoms with van der Waals surface area (Å²) in [5, 5.41) is 0.128. The van der Waals surface area contributed by atoms with E-state index in [0.717, 1.165) is 4.90 Å². The van der Waals surface area contributed by atoms with E-state index < -0.39 is 30.7 Å². The zero-order chi connectivity index (χ0) is 24.4. The van der Waals surface area contributed by atoms with Gasteiger partial charge in [-0.05, 0) is 20.8 Å². The summed E-state index contributed by atoms with van der Waals surface area (Å²) < 4.78 is 40.5. The van der Waals surface area contributed by atoms with Crippen molar-refractivity contribution in [2.45, 2.75) is 32.3 Å².